The molecule has 2 fully saturated rings. The molecule has 3 heteroatoms. The lowest BCUT2D eigenvalue weighted by molar-refractivity contribution is -0.0705. The van der Waals surface area contributed by atoms with Crippen molar-refractivity contribution in [3.8, 4) is 0 Å². The van der Waals surface area contributed by atoms with E-state index in [0.29, 0.717) is 6.54 Å². The number of hydrogen-bond donors (Lipinski definition) is 2. The molecule has 2 unspecified atom stereocenters. The molecule has 2 atom stereocenters. The molecule has 0 radical (unpaired) electrons. The van der Waals surface area contributed by atoms with Gasteiger partial charge in [-0.05, 0) is 45.6 Å². The van der Waals surface area contributed by atoms with E-state index in [-0.39, 0.29) is 11.7 Å². The van der Waals surface area contributed by atoms with E-state index in [2.05, 4.69) is 12.2 Å². The van der Waals surface area contributed by atoms with Crippen molar-refractivity contribution in [1.29, 1.82) is 0 Å². The summed E-state index contributed by atoms with van der Waals surface area (Å²) in [4.78, 5) is 0. The lowest BCUT2D eigenvalue weighted by Crippen LogP contribution is -2.41. The summed E-state index contributed by atoms with van der Waals surface area (Å²) in [7, 11) is 0. The zero-order valence-corrected chi connectivity index (χ0v) is 12.0. The van der Waals surface area contributed by atoms with Gasteiger partial charge >= 0.3 is 0 Å². The fraction of sp³-hybridized carbons (Fsp3) is 1.00. The van der Waals surface area contributed by atoms with E-state index < -0.39 is 5.60 Å². The predicted molar refractivity (Wildman–Crippen MR) is 73.7 cm³/mol. The van der Waals surface area contributed by atoms with Crippen LogP contribution in [0.5, 0.6) is 0 Å². The summed E-state index contributed by atoms with van der Waals surface area (Å²) in [5, 5.41) is 13.7. The van der Waals surface area contributed by atoms with Crippen LogP contribution in [0.15, 0.2) is 0 Å². The van der Waals surface area contributed by atoms with Crippen molar-refractivity contribution in [3.63, 3.8) is 0 Å². The molecule has 0 aromatic rings. The summed E-state index contributed by atoms with van der Waals surface area (Å²) in [5.74, 6) is 0. The van der Waals surface area contributed by atoms with Crippen LogP contribution >= 0.6 is 0 Å². The molecule has 1 saturated carbocycles. The second-order valence-corrected chi connectivity index (χ2v) is 6.55. The average Bonchev–Trinajstić information content (AvgIpc) is 2.90. The van der Waals surface area contributed by atoms with Crippen LogP contribution in [-0.4, -0.2) is 35.5 Å². The van der Waals surface area contributed by atoms with Gasteiger partial charge in [-0.3, -0.25) is 0 Å². The van der Waals surface area contributed by atoms with Crippen LogP contribution in [0, 0.1) is 0 Å². The summed E-state index contributed by atoms with van der Waals surface area (Å²) >= 11 is 0. The molecule has 0 amide bonds. The van der Waals surface area contributed by atoms with Crippen molar-refractivity contribution in [1.82, 2.24) is 5.32 Å². The van der Waals surface area contributed by atoms with Gasteiger partial charge in [0.1, 0.15) is 0 Å². The molecular formula is C15H29NO2. The first kappa shape index (κ1) is 14.3. The Kier molecular flexibility index (Phi) is 4.68. The number of rotatable bonds is 6. The maximum atomic E-state index is 10.4. The zero-order chi connectivity index (χ0) is 13.1. The molecule has 1 aliphatic heterocycles. The van der Waals surface area contributed by atoms with Gasteiger partial charge in [-0.25, -0.2) is 0 Å². The van der Waals surface area contributed by atoms with Gasteiger partial charge < -0.3 is 15.2 Å². The molecule has 0 aromatic heterocycles. The molecule has 106 valence electrons. The average molecular weight is 255 g/mol. The van der Waals surface area contributed by atoms with Crippen molar-refractivity contribution in [2.75, 3.05) is 13.1 Å². The minimum Gasteiger partial charge on any atom is -0.389 e. The van der Waals surface area contributed by atoms with E-state index in [0.717, 1.165) is 25.8 Å². The minimum absolute atomic E-state index is 0.192. The largest absolute Gasteiger partial charge is 0.389 e. The lowest BCUT2D eigenvalue weighted by Gasteiger charge is -2.29. The van der Waals surface area contributed by atoms with Gasteiger partial charge in [0.25, 0.3) is 0 Å². The second-order valence-electron chi connectivity index (χ2n) is 6.55. The highest BCUT2D eigenvalue weighted by Crippen LogP contribution is 2.44. The third-order valence-electron chi connectivity index (χ3n) is 4.45. The molecular weight excluding hydrogens is 226 g/mol. The topological polar surface area (TPSA) is 41.5 Å². The van der Waals surface area contributed by atoms with Crippen molar-refractivity contribution < 1.29 is 9.84 Å². The van der Waals surface area contributed by atoms with Crippen LogP contribution in [0.3, 0.4) is 0 Å². The molecule has 2 aliphatic rings. The SMILES string of the molecule is CCCNCC(C)(O)CC1CCC2(CCCC2)O1. The van der Waals surface area contributed by atoms with E-state index in [1.807, 2.05) is 6.92 Å². The summed E-state index contributed by atoms with van der Waals surface area (Å²) in [6.07, 6.45) is 9.59. The van der Waals surface area contributed by atoms with E-state index in [1.165, 1.54) is 32.1 Å². The number of hydrogen-bond acceptors (Lipinski definition) is 3. The molecule has 1 heterocycles. The highest BCUT2D eigenvalue weighted by atomic mass is 16.5. The first-order valence-corrected chi connectivity index (χ1v) is 7.66. The van der Waals surface area contributed by atoms with Gasteiger partial charge in [0, 0.05) is 13.0 Å². The molecule has 18 heavy (non-hydrogen) atoms. The van der Waals surface area contributed by atoms with Crippen LogP contribution < -0.4 is 5.32 Å². The maximum Gasteiger partial charge on any atom is 0.0768 e. The van der Waals surface area contributed by atoms with E-state index in [1.54, 1.807) is 0 Å². The Labute approximate surface area is 111 Å². The highest BCUT2D eigenvalue weighted by molar-refractivity contribution is 4.94. The van der Waals surface area contributed by atoms with Gasteiger partial charge in [0.05, 0.1) is 17.3 Å². The third kappa shape index (κ3) is 3.69. The van der Waals surface area contributed by atoms with Crippen LogP contribution in [0.2, 0.25) is 0 Å². The van der Waals surface area contributed by atoms with Crippen molar-refractivity contribution in [3.05, 3.63) is 0 Å². The Morgan fingerprint density at radius 1 is 1.33 bits per heavy atom. The maximum absolute atomic E-state index is 10.4. The number of ether oxygens (including phenoxy) is 1. The van der Waals surface area contributed by atoms with Gasteiger partial charge in [0.2, 0.25) is 0 Å². The Bertz CT molecular complexity index is 259. The Morgan fingerprint density at radius 3 is 2.72 bits per heavy atom. The Balaban J connectivity index is 1.76. The lowest BCUT2D eigenvalue weighted by atomic mass is 9.94. The summed E-state index contributed by atoms with van der Waals surface area (Å²) in [6, 6.07) is 0. The number of nitrogens with one attached hydrogen (secondary N) is 1. The van der Waals surface area contributed by atoms with Crippen LogP contribution in [0.4, 0.5) is 0 Å². The zero-order valence-electron chi connectivity index (χ0n) is 12.0. The predicted octanol–water partition coefficient (Wildman–Crippen LogP) is 2.62. The summed E-state index contributed by atoms with van der Waals surface area (Å²) in [5.41, 5.74) is -0.443. The van der Waals surface area contributed by atoms with E-state index in [4.69, 9.17) is 4.74 Å². The molecule has 2 N–H and O–H groups in total. The smallest absolute Gasteiger partial charge is 0.0768 e. The first-order chi connectivity index (χ1) is 8.55. The summed E-state index contributed by atoms with van der Waals surface area (Å²) in [6.45, 7) is 5.73. The second kappa shape index (κ2) is 5.89. The van der Waals surface area contributed by atoms with Gasteiger partial charge in [-0.2, -0.15) is 0 Å². The molecule has 3 nitrogen and oxygen atoms in total. The van der Waals surface area contributed by atoms with Crippen molar-refractivity contribution >= 4 is 0 Å². The molecule has 1 spiro atoms. The van der Waals surface area contributed by atoms with E-state index in [9.17, 15) is 5.11 Å². The fourth-order valence-electron chi connectivity index (χ4n) is 3.52. The molecule has 0 aromatic carbocycles. The fourth-order valence-corrected chi connectivity index (χ4v) is 3.52. The Hall–Kier alpha value is -0.120. The Morgan fingerprint density at radius 2 is 2.06 bits per heavy atom. The van der Waals surface area contributed by atoms with Crippen LogP contribution in [0.25, 0.3) is 0 Å². The van der Waals surface area contributed by atoms with Crippen molar-refractivity contribution in [2.24, 2.45) is 0 Å². The number of aliphatic hydroxyl groups is 1. The first-order valence-electron chi connectivity index (χ1n) is 7.66. The standard InChI is InChI=1S/C15H29NO2/c1-3-10-16-12-14(2,17)11-13-6-9-15(18-13)7-4-5-8-15/h13,16-17H,3-12H2,1-2H3. The third-order valence-corrected chi connectivity index (χ3v) is 4.45. The molecule has 1 aliphatic carbocycles. The highest BCUT2D eigenvalue weighted by Gasteiger charge is 2.43. The quantitative estimate of drug-likeness (QED) is 0.717. The van der Waals surface area contributed by atoms with Crippen molar-refractivity contribution in [2.45, 2.75) is 82.5 Å². The van der Waals surface area contributed by atoms with Gasteiger partial charge in [-0.1, -0.05) is 19.8 Å². The molecule has 0 bridgehead atoms. The molecule has 1 saturated heterocycles. The monoisotopic (exact) mass is 255 g/mol. The molecule has 2 rings (SSSR count). The van der Waals surface area contributed by atoms with Gasteiger partial charge in [0.15, 0.2) is 0 Å². The van der Waals surface area contributed by atoms with Gasteiger partial charge in [-0.15, -0.1) is 0 Å². The minimum atomic E-state index is -0.635. The normalized spacial score (nSPS) is 29.8. The van der Waals surface area contributed by atoms with Crippen LogP contribution in [0.1, 0.15) is 65.2 Å². The summed E-state index contributed by atoms with van der Waals surface area (Å²) < 4.78 is 6.26. The van der Waals surface area contributed by atoms with Crippen LogP contribution in [-0.2, 0) is 4.74 Å². The van der Waals surface area contributed by atoms with E-state index >= 15 is 0 Å².